The lowest BCUT2D eigenvalue weighted by molar-refractivity contribution is 0.423. The van der Waals surface area contributed by atoms with Crippen molar-refractivity contribution in [2.24, 2.45) is 0 Å². The molecule has 1 aromatic rings. The molecule has 1 aliphatic rings. The van der Waals surface area contributed by atoms with E-state index in [1.54, 1.807) is 0 Å². The summed E-state index contributed by atoms with van der Waals surface area (Å²) < 4.78 is 1.24. The van der Waals surface area contributed by atoms with E-state index in [9.17, 15) is 0 Å². The summed E-state index contributed by atoms with van der Waals surface area (Å²) in [5.41, 5.74) is 4.04. The predicted octanol–water partition coefficient (Wildman–Crippen LogP) is 4.03. The summed E-state index contributed by atoms with van der Waals surface area (Å²) in [4.78, 5) is 2.53. The van der Waals surface area contributed by atoms with Crippen LogP contribution in [0.4, 0.5) is 5.69 Å². The van der Waals surface area contributed by atoms with Gasteiger partial charge in [-0.2, -0.15) is 0 Å². The molecule has 3 heteroatoms. The van der Waals surface area contributed by atoms with E-state index >= 15 is 0 Å². The largest absolute Gasteiger partial charge is 0.370 e. The maximum absolute atomic E-state index is 3.66. The van der Waals surface area contributed by atoms with E-state index in [4.69, 9.17) is 0 Å². The molecule has 1 saturated heterocycles. The molecule has 1 fully saturated rings. The first kappa shape index (κ1) is 14.9. The van der Waals surface area contributed by atoms with E-state index in [2.05, 4.69) is 59.1 Å². The number of anilines is 1. The Bertz CT molecular complexity index is 408. The minimum Gasteiger partial charge on any atom is -0.370 e. The van der Waals surface area contributed by atoms with Crippen molar-refractivity contribution in [1.82, 2.24) is 5.32 Å². The minimum absolute atomic E-state index is 0.651. The normalized spacial score (nSPS) is 19.8. The van der Waals surface area contributed by atoms with Gasteiger partial charge >= 0.3 is 0 Å². The van der Waals surface area contributed by atoms with Gasteiger partial charge in [0.25, 0.3) is 0 Å². The Morgan fingerprint density at radius 2 is 2.00 bits per heavy atom. The number of nitrogens with zero attached hydrogens (tertiary/aromatic N) is 1. The minimum atomic E-state index is 0.651. The van der Waals surface area contributed by atoms with Crippen LogP contribution in [0.1, 0.15) is 37.3 Å². The molecule has 1 heterocycles. The highest BCUT2D eigenvalue weighted by Crippen LogP contribution is 2.28. The van der Waals surface area contributed by atoms with Crippen LogP contribution in [0.5, 0.6) is 0 Å². The number of halogens is 1. The third kappa shape index (κ3) is 3.73. The number of nitrogens with one attached hydrogen (secondary N) is 1. The monoisotopic (exact) mass is 324 g/mol. The topological polar surface area (TPSA) is 15.3 Å². The average Bonchev–Trinajstić information content (AvgIpc) is 2.42. The molecule has 0 saturated carbocycles. The van der Waals surface area contributed by atoms with E-state index < -0.39 is 0 Å². The molecule has 1 N–H and O–H groups in total. The number of benzene rings is 1. The number of hydrogen-bond acceptors (Lipinski definition) is 2. The zero-order chi connectivity index (χ0) is 13.8. The Hall–Kier alpha value is -0.540. The number of piperidine rings is 1. The molecule has 2 nitrogen and oxygen atoms in total. The quantitative estimate of drug-likeness (QED) is 0.899. The summed E-state index contributed by atoms with van der Waals surface area (Å²) in [6.07, 6.45) is 3.81. The van der Waals surface area contributed by atoms with Crippen LogP contribution >= 0.6 is 15.9 Å². The number of aryl methyl sites for hydroxylation is 2. The van der Waals surface area contributed by atoms with Crippen LogP contribution in [0, 0.1) is 13.8 Å². The van der Waals surface area contributed by atoms with Crippen molar-refractivity contribution < 1.29 is 0 Å². The fraction of sp³-hybridized carbons (Fsp3) is 0.625. The highest BCUT2D eigenvalue weighted by atomic mass is 79.9. The van der Waals surface area contributed by atoms with E-state index in [0.717, 1.165) is 13.1 Å². The molecule has 0 aliphatic carbocycles. The molecular weight excluding hydrogens is 300 g/mol. The van der Waals surface area contributed by atoms with Gasteiger partial charge in [0.05, 0.1) is 0 Å². The van der Waals surface area contributed by atoms with E-state index in [1.807, 2.05) is 0 Å². The first-order valence-corrected chi connectivity index (χ1v) is 8.16. The fourth-order valence-electron chi connectivity index (χ4n) is 2.83. The van der Waals surface area contributed by atoms with Gasteiger partial charge in [-0.25, -0.2) is 0 Å². The van der Waals surface area contributed by atoms with Crippen molar-refractivity contribution in [3.63, 3.8) is 0 Å². The molecule has 1 unspecified atom stereocenters. The highest BCUT2D eigenvalue weighted by molar-refractivity contribution is 9.10. The van der Waals surface area contributed by atoms with Gasteiger partial charge < -0.3 is 10.2 Å². The summed E-state index contributed by atoms with van der Waals surface area (Å²) in [6, 6.07) is 5.26. The Morgan fingerprint density at radius 3 is 2.63 bits per heavy atom. The Kier molecular flexibility index (Phi) is 5.28. The van der Waals surface area contributed by atoms with E-state index in [-0.39, 0.29) is 0 Å². The fourth-order valence-corrected chi connectivity index (χ4v) is 3.06. The zero-order valence-electron chi connectivity index (χ0n) is 12.3. The summed E-state index contributed by atoms with van der Waals surface area (Å²) in [5.74, 6) is 0. The summed E-state index contributed by atoms with van der Waals surface area (Å²) in [5, 5.41) is 3.66. The number of rotatable bonds is 4. The molecule has 0 bridgehead atoms. The molecule has 1 aromatic carbocycles. The van der Waals surface area contributed by atoms with Crippen LogP contribution in [0.15, 0.2) is 16.6 Å². The third-order valence-electron chi connectivity index (χ3n) is 3.89. The summed E-state index contributed by atoms with van der Waals surface area (Å²) in [7, 11) is 0. The molecule has 0 spiro atoms. The predicted molar refractivity (Wildman–Crippen MR) is 87.1 cm³/mol. The smallest absolute Gasteiger partial charge is 0.0372 e. The molecule has 1 aliphatic heterocycles. The maximum atomic E-state index is 3.66. The van der Waals surface area contributed by atoms with Gasteiger partial charge in [-0.3, -0.25) is 0 Å². The SMILES string of the molecule is CCCNC1CCCN(c2cc(C)c(Br)c(C)c2)C1. The van der Waals surface area contributed by atoms with Gasteiger partial charge in [-0.15, -0.1) is 0 Å². The van der Waals surface area contributed by atoms with Crippen LogP contribution < -0.4 is 10.2 Å². The van der Waals surface area contributed by atoms with Gasteiger partial charge in [0.1, 0.15) is 0 Å². The van der Waals surface area contributed by atoms with Gasteiger partial charge in [0.2, 0.25) is 0 Å². The molecular formula is C16H25BrN2. The van der Waals surface area contributed by atoms with Crippen LogP contribution in [-0.2, 0) is 0 Å². The number of hydrogen-bond donors (Lipinski definition) is 1. The van der Waals surface area contributed by atoms with Crippen molar-refractivity contribution in [2.45, 2.75) is 46.1 Å². The molecule has 19 heavy (non-hydrogen) atoms. The molecule has 0 amide bonds. The molecule has 0 aromatic heterocycles. The summed E-state index contributed by atoms with van der Waals surface area (Å²) >= 11 is 3.65. The first-order chi connectivity index (χ1) is 9.11. The van der Waals surface area contributed by atoms with Crippen molar-refractivity contribution in [1.29, 1.82) is 0 Å². The average molecular weight is 325 g/mol. The van der Waals surface area contributed by atoms with Crippen molar-refractivity contribution >= 4 is 21.6 Å². The van der Waals surface area contributed by atoms with Gasteiger partial charge in [-0.1, -0.05) is 22.9 Å². The summed E-state index contributed by atoms with van der Waals surface area (Å²) in [6.45, 7) is 10.0. The third-order valence-corrected chi connectivity index (χ3v) is 5.14. The van der Waals surface area contributed by atoms with Gasteiger partial charge in [0, 0.05) is 29.3 Å². The first-order valence-electron chi connectivity index (χ1n) is 7.37. The lowest BCUT2D eigenvalue weighted by Gasteiger charge is -2.35. The Balaban J connectivity index is 2.08. The highest BCUT2D eigenvalue weighted by Gasteiger charge is 2.20. The lowest BCUT2D eigenvalue weighted by atomic mass is 10.0. The molecule has 1 atom stereocenters. The molecule has 0 radical (unpaired) electrons. The van der Waals surface area contributed by atoms with Crippen LogP contribution in [0.2, 0.25) is 0 Å². The lowest BCUT2D eigenvalue weighted by Crippen LogP contribution is -2.46. The Morgan fingerprint density at radius 1 is 1.32 bits per heavy atom. The maximum Gasteiger partial charge on any atom is 0.0372 e. The van der Waals surface area contributed by atoms with Crippen LogP contribution in [0.3, 0.4) is 0 Å². The second kappa shape index (κ2) is 6.76. The van der Waals surface area contributed by atoms with Crippen LogP contribution in [-0.4, -0.2) is 25.7 Å². The van der Waals surface area contributed by atoms with Crippen LogP contribution in [0.25, 0.3) is 0 Å². The van der Waals surface area contributed by atoms with Crippen molar-refractivity contribution in [3.8, 4) is 0 Å². The van der Waals surface area contributed by atoms with Gasteiger partial charge in [-0.05, 0) is 62.9 Å². The molecule has 106 valence electrons. The second-order valence-electron chi connectivity index (χ2n) is 5.63. The Labute approximate surface area is 125 Å². The van der Waals surface area contributed by atoms with Gasteiger partial charge in [0.15, 0.2) is 0 Å². The second-order valence-corrected chi connectivity index (χ2v) is 6.43. The standard InChI is InChI=1S/C16H25BrN2/c1-4-7-18-14-6-5-8-19(11-14)15-9-12(2)16(17)13(3)10-15/h9-10,14,18H,4-8,11H2,1-3H3. The molecule has 2 rings (SSSR count). The van der Waals surface area contributed by atoms with Crippen molar-refractivity contribution in [3.05, 3.63) is 27.7 Å². The van der Waals surface area contributed by atoms with E-state index in [1.165, 1.54) is 47.1 Å². The van der Waals surface area contributed by atoms with E-state index in [0.29, 0.717) is 6.04 Å². The zero-order valence-corrected chi connectivity index (χ0v) is 13.9. The van der Waals surface area contributed by atoms with Crippen molar-refractivity contribution in [2.75, 3.05) is 24.5 Å².